The first kappa shape index (κ1) is 26.5. The number of para-hydroxylation sites is 1. The number of aromatic nitrogens is 1. The predicted octanol–water partition coefficient (Wildman–Crippen LogP) is 6.09. The Balaban J connectivity index is 1.80. The van der Waals surface area contributed by atoms with Crippen molar-refractivity contribution in [1.29, 1.82) is 0 Å². The normalized spacial score (nSPS) is 10.7. The number of benzene rings is 2. The number of rotatable bonds is 9. The van der Waals surface area contributed by atoms with Crippen LogP contribution in [0.15, 0.2) is 53.6 Å². The minimum Gasteiger partial charge on any atom is -0.495 e. The number of ether oxygens (including phenoxy) is 2. The molecule has 0 aliphatic carbocycles. The highest BCUT2D eigenvalue weighted by atomic mass is 35.5. The molecule has 4 rings (SSSR count). The highest BCUT2D eigenvalue weighted by Gasteiger charge is 2.30. The lowest BCUT2D eigenvalue weighted by Crippen LogP contribution is -2.10. The fourth-order valence-corrected chi connectivity index (χ4v) is 4.23. The van der Waals surface area contributed by atoms with Gasteiger partial charge in [-0.15, -0.1) is 0 Å². The molecule has 0 saturated carbocycles. The number of carbonyl (C=O) groups is 2. The zero-order valence-electron chi connectivity index (χ0n) is 21.0. The first-order valence-electron chi connectivity index (χ1n) is 11.3. The number of pyridine rings is 1. The molecule has 38 heavy (non-hydrogen) atoms. The average Bonchev–Trinajstić information content (AvgIpc) is 3.28. The number of furan rings is 1. The number of methoxy groups -OCH3 is 2. The van der Waals surface area contributed by atoms with E-state index in [2.05, 4.69) is 27.5 Å². The summed E-state index contributed by atoms with van der Waals surface area (Å²) in [7, 11) is 4.21. The molecule has 0 aliphatic rings. The predicted molar refractivity (Wildman–Crippen MR) is 145 cm³/mol. The van der Waals surface area contributed by atoms with Crippen LogP contribution in [0.25, 0.3) is 11.0 Å². The second-order valence-electron chi connectivity index (χ2n) is 8.05. The SMILES string of the molecule is C=CC(=O)Nc1cccc(C)c1Nc1cc2c(NC)c(C(=O)c3c(F)c(OC)cc(OC)c3Cl)oc2cn1. The van der Waals surface area contributed by atoms with Gasteiger partial charge in [-0.05, 0) is 30.7 Å². The van der Waals surface area contributed by atoms with Crippen LogP contribution in [0.3, 0.4) is 0 Å². The third-order valence-corrected chi connectivity index (χ3v) is 6.18. The number of nitrogens with zero attached hydrogens (tertiary/aromatic N) is 1. The van der Waals surface area contributed by atoms with Crippen molar-refractivity contribution in [2.45, 2.75) is 6.92 Å². The van der Waals surface area contributed by atoms with E-state index in [0.717, 1.165) is 5.56 Å². The molecule has 0 fully saturated rings. The van der Waals surface area contributed by atoms with Gasteiger partial charge < -0.3 is 29.8 Å². The molecule has 0 atom stereocenters. The van der Waals surface area contributed by atoms with Gasteiger partial charge in [0.25, 0.3) is 0 Å². The van der Waals surface area contributed by atoms with Gasteiger partial charge in [-0.3, -0.25) is 9.59 Å². The van der Waals surface area contributed by atoms with Crippen molar-refractivity contribution in [1.82, 2.24) is 4.98 Å². The monoisotopic (exact) mass is 538 g/mol. The second-order valence-corrected chi connectivity index (χ2v) is 8.43. The molecule has 0 bridgehead atoms. The maximum atomic E-state index is 15.2. The Kier molecular flexibility index (Phi) is 7.54. The van der Waals surface area contributed by atoms with Gasteiger partial charge in [-0.2, -0.15) is 0 Å². The molecule has 0 spiro atoms. The molecule has 11 heteroatoms. The van der Waals surface area contributed by atoms with Crippen LogP contribution in [0.4, 0.5) is 27.3 Å². The van der Waals surface area contributed by atoms with Crippen molar-refractivity contribution >= 4 is 57.1 Å². The highest BCUT2D eigenvalue weighted by Crippen LogP contribution is 2.40. The highest BCUT2D eigenvalue weighted by molar-refractivity contribution is 6.36. The molecule has 2 aromatic heterocycles. The molecular formula is C27H24ClFN4O5. The van der Waals surface area contributed by atoms with Gasteiger partial charge in [0.05, 0.1) is 48.1 Å². The van der Waals surface area contributed by atoms with Crippen LogP contribution in [-0.2, 0) is 4.79 Å². The molecule has 0 saturated heterocycles. The zero-order chi connectivity index (χ0) is 27.6. The number of ketones is 1. The summed E-state index contributed by atoms with van der Waals surface area (Å²) in [6.07, 6.45) is 2.60. The average molecular weight is 539 g/mol. The fourth-order valence-electron chi connectivity index (χ4n) is 3.93. The smallest absolute Gasteiger partial charge is 0.247 e. The van der Waals surface area contributed by atoms with Gasteiger partial charge >= 0.3 is 0 Å². The molecule has 0 radical (unpaired) electrons. The Morgan fingerprint density at radius 2 is 1.89 bits per heavy atom. The van der Waals surface area contributed by atoms with E-state index >= 15 is 4.39 Å². The summed E-state index contributed by atoms with van der Waals surface area (Å²) in [6.45, 7) is 5.35. The van der Waals surface area contributed by atoms with E-state index in [9.17, 15) is 9.59 Å². The van der Waals surface area contributed by atoms with E-state index < -0.39 is 17.2 Å². The Hall–Kier alpha value is -4.57. The van der Waals surface area contributed by atoms with Crippen molar-refractivity contribution < 1.29 is 27.9 Å². The minimum atomic E-state index is -0.944. The molecule has 0 aliphatic heterocycles. The number of nitrogens with one attached hydrogen (secondary N) is 3. The molecule has 2 heterocycles. The maximum Gasteiger partial charge on any atom is 0.247 e. The van der Waals surface area contributed by atoms with Crippen LogP contribution in [0.5, 0.6) is 11.5 Å². The van der Waals surface area contributed by atoms with E-state index in [-0.39, 0.29) is 33.8 Å². The van der Waals surface area contributed by atoms with E-state index in [1.807, 2.05) is 13.0 Å². The summed E-state index contributed by atoms with van der Waals surface area (Å²) < 4.78 is 31.2. The number of amides is 1. The first-order valence-corrected chi connectivity index (χ1v) is 11.7. The molecule has 9 nitrogen and oxygen atoms in total. The van der Waals surface area contributed by atoms with E-state index in [4.69, 9.17) is 25.5 Å². The standard InChI is InChI=1S/C27H24ClFN4O5/c1-6-20(34)32-15-9-7-8-13(2)24(15)33-19-10-14-18(12-31-19)38-27(25(14)30-3)26(35)21-22(28)16(36-4)11-17(37-5)23(21)29/h6-12,30H,1H2,2-5H3,(H,31,33)(H,32,34). The van der Waals surface area contributed by atoms with Crippen LogP contribution in [-0.4, -0.2) is 37.9 Å². The lowest BCUT2D eigenvalue weighted by Gasteiger charge is -2.14. The third-order valence-electron chi connectivity index (χ3n) is 5.80. The first-order chi connectivity index (χ1) is 18.2. The number of anilines is 4. The van der Waals surface area contributed by atoms with Crippen molar-refractivity contribution in [3.63, 3.8) is 0 Å². The van der Waals surface area contributed by atoms with Crippen molar-refractivity contribution in [2.75, 3.05) is 37.2 Å². The molecule has 3 N–H and O–H groups in total. The summed E-state index contributed by atoms with van der Waals surface area (Å²) in [5.41, 5.74) is 2.13. The van der Waals surface area contributed by atoms with Crippen LogP contribution in [0, 0.1) is 12.7 Å². The molecular weight excluding hydrogens is 515 g/mol. The quantitative estimate of drug-likeness (QED) is 0.173. The second kappa shape index (κ2) is 10.8. The summed E-state index contributed by atoms with van der Waals surface area (Å²) >= 11 is 6.31. The molecule has 4 aromatic rings. The van der Waals surface area contributed by atoms with E-state index in [0.29, 0.717) is 28.3 Å². The molecule has 0 unspecified atom stereocenters. The number of halogens is 2. The third kappa shape index (κ3) is 4.73. The van der Waals surface area contributed by atoms with Gasteiger partial charge in [-0.25, -0.2) is 9.37 Å². The van der Waals surface area contributed by atoms with Crippen LogP contribution in [0.1, 0.15) is 21.7 Å². The Morgan fingerprint density at radius 1 is 1.16 bits per heavy atom. The van der Waals surface area contributed by atoms with Crippen molar-refractivity contribution in [2.24, 2.45) is 0 Å². The molecule has 1 amide bonds. The minimum absolute atomic E-state index is 0.0705. The number of aryl methyl sites for hydroxylation is 1. The van der Waals surface area contributed by atoms with Crippen molar-refractivity contribution in [3.8, 4) is 11.5 Å². The number of carbonyl (C=O) groups excluding carboxylic acids is 2. The number of fused-ring (bicyclic) bond motifs is 1. The van der Waals surface area contributed by atoms with Gasteiger partial charge in [0, 0.05) is 18.5 Å². The van der Waals surface area contributed by atoms with E-state index in [1.54, 1.807) is 25.2 Å². The molecule has 2 aromatic carbocycles. The largest absolute Gasteiger partial charge is 0.495 e. The van der Waals surface area contributed by atoms with Crippen LogP contribution in [0.2, 0.25) is 5.02 Å². The number of hydrogen-bond donors (Lipinski definition) is 3. The summed E-state index contributed by atoms with van der Waals surface area (Å²) in [6, 6.07) is 8.34. The zero-order valence-corrected chi connectivity index (χ0v) is 21.7. The van der Waals surface area contributed by atoms with Gasteiger partial charge in [0.15, 0.2) is 22.9 Å². The Morgan fingerprint density at radius 3 is 2.55 bits per heavy atom. The number of hydrogen-bond acceptors (Lipinski definition) is 8. The fraction of sp³-hybridized carbons (Fsp3) is 0.148. The van der Waals surface area contributed by atoms with E-state index in [1.165, 1.54) is 32.6 Å². The lowest BCUT2D eigenvalue weighted by molar-refractivity contribution is -0.111. The lowest BCUT2D eigenvalue weighted by atomic mass is 10.1. The molecule has 196 valence electrons. The Bertz CT molecular complexity index is 1560. The maximum absolute atomic E-state index is 15.2. The van der Waals surface area contributed by atoms with Gasteiger partial charge in [0.1, 0.15) is 11.6 Å². The topological polar surface area (TPSA) is 115 Å². The van der Waals surface area contributed by atoms with Gasteiger partial charge in [0.2, 0.25) is 11.7 Å². The van der Waals surface area contributed by atoms with Gasteiger partial charge in [-0.1, -0.05) is 30.3 Å². The summed E-state index contributed by atoms with van der Waals surface area (Å²) in [5.74, 6) is -2.02. The Labute approximate surface area is 222 Å². The van der Waals surface area contributed by atoms with Crippen LogP contribution >= 0.6 is 11.6 Å². The van der Waals surface area contributed by atoms with Crippen molar-refractivity contribution in [3.05, 3.63) is 76.9 Å². The summed E-state index contributed by atoms with van der Waals surface area (Å²) in [5, 5.41) is 9.20. The summed E-state index contributed by atoms with van der Waals surface area (Å²) in [4.78, 5) is 29.8. The van der Waals surface area contributed by atoms with Crippen LogP contribution < -0.4 is 25.4 Å².